The van der Waals surface area contributed by atoms with Gasteiger partial charge in [0.15, 0.2) is 0 Å². The van der Waals surface area contributed by atoms with Gasteiger partial charge in [-0.25, -0.2) is 0 Å². The van der Waals surface area contributed by atoms with Crippen LogP contribution in [-0.2, 0) is 0 Å². The first kappa shape index (κ1) is 13.4. The molecule has 3 N–H and O–H groups in total. The molecule has 4 nitrogen and oxygen atoms in total. The van der Waals surface area contributed by atoms with Gasteiger partial charge in [-0.1, -0.05) is 11.6 Å². The summed E-state index contributed by atoms with van der Waals surface area (Å²) in [5.74, 6) is -0.101. The molecule has 0 aromatic carbocycles. The standard InChI is InChI=1S/C10H14ClN3O.ClH/c11-7-4-9(13-5-7)10(15)14-6-8-2-1-3-12-8;/h4-5,8,12-13H,1-3,6H2,(H,14,15);1H. The van der Waals surface area contributed by atoms with E-state index in [0.717, 1.165) is 13.0 Å². The molecule has 0 bridgehead atoms. The van der Waals surface area contributed by atoms with Crippen LogP contribution in [0.1, 0.15) is 23.3 Å². The summed E-state index contributed by atoms with van der Waals surface area (Å²) in [6, 6.07) is 2.04. The highest BCUT2D eigenvalue weighted by Gasteiger charge is 2.15. The van der Waals surface area contributed by atoms with E-state index in [0.29, 0.717) is 23.3 Å². The monoisotopic (exact) mass is 263 g/mol. The van der Waals surface area contributed by atoms with Gasteiger partial charge >= 0.3 is 0 Å². The van der Waals surface area contributed by atoms with Crippen LogP contribution in [0.3, 0.4) is 0 Å². The van der Waals surface area contributed by atoms with Crippen molar-refractivity contribution in [2.75, 3.05) is 13.1 Å². The minimum absolute atomic E-state index is 0. The first-order chi connectivity index (χ1) is 7.25. The molecule has 1 aliphatic rings. The normalized spacial score (nSPS) is 19.2. The number of rotatable bonds is 3. The van der Waals surface area contributed by atoms with Crippen LogP contribution in [0.5, 0.6) is 0 Å². The Labute approximate surface area is 106 Å². The molecule has 1 aromatic rings. The van der Waals surface area contributed by atoms with Gasteiger partial charge in [-0.3, -0.25) is 4.79 Å². The van der Waals surface area contributed by atoms with Crippen LogP contribution in [0.15, 0.2) is 12.3 Å². The number of H-pyrrole nitrogens is 1. The zero-order valence-corrected chi connectivity index (χ0v) is 10.3. The van der Waals surface area contributed by atoms with Crippen LogP contribution in [0, 0.1) is 0 Å². The van der Waals surface area contributed by atoms with Crippen molar-refractivity contribution in [1.29, 1.82) is 0 Å². The third kappa shape index (κ3) is 3.40. The number of hydrogen-bond acceptors (Lipinski definition) is 2. The number of nitrogens with one attached hydrogen (secondary N) is 3. The van der Waals surface area contributed by atoms with E-state index in [1.807, 2.05) is 0 Å². The van der Waals surface area contributed by atoms with Crippen molar-refractivity contribution in [3.8, 4) is 0 Å². The van der Waals surface area contributed by atoms with Crippen LogP contribution in [0.4, 0.5) is 0 Å². The molecule has 90 valence electrons. The van der Waals surface area contributed by atoms with E-state index in [1.165, 1.54) is 6.42 Å². The Hall–Kier alpha value is -0.710. The molecule has 1 unspecified atom stereocenters. The number of amides is 1. The minimum Gasteiger partial charge on any atom is -0.356 e. The molecule has 1 aliphatic heterocycles. The van der Waals surface area contributed by atoms with Crippen LogP contribution in [-0.4, -0.2) is 30.0 Å². The van der Waals surface area contributed by atoms with Gasteiger partial charge in [-0.2, -0.15) is 0 Å². The van der Waals surface area contributed by atoms with Gasteiger partial charge in [0.1, 0.15) is 5.69 Å². The van der Waals surface area contributed by atoms with Crippen molar-refractivity contribution in [3.05, 3.63) is 23.0 Å². The summed E-state index contributed by atoms with van der Waals surface area (Å²) >= 11 is 5.71. The third-order valence-electron chi connectivity index (χ3n) is 2.56. The molecule has 16 heavy (non-hydrogen) atoms. The second-order valence-electron chi connectivity index (χ2n) is 3.73. The SMILES string of the molecule is Cl.O=C(NCC1CCCN1)c1cc(Cl)c[nH]1. The molecule has 2 heterocycles. The van der Waals surface area contributed by atoms with E-state index in [4.69, 9.17) is 11.6 Å². The van der Waals surface area contributed by atoms with E-state index < -0.39 is 0 Å². The zero-order chi connectivity index (χ0) is 10.7. The lowest BCUT2D eigenvalue weighted by atomic mass is 10.2. The zero-order valence-electron chi connectivity index (χ0n) is 8.75. The van der Waals surface area contributed by atoms with E-state index in [-0.39, 0.29) is 18.3 Å². The third-order valence-corrected chi connectivity index (χ3v) is 2.78. The quantitative estimate of drug-likeness (QED) is 0.776. The Bertz CT molecular complexity index is 348. The fraction of sp³-hybridized carbons (Fsp3) is 0.500. The number of halogens is 2. The van der Waals surface area contributed by atoms with Gasteiger partial charge in [-0.05, 0) is 25.5 Å². The minimum atomic E-state index is -0.101. The first-order valence-corrected chi connectivity index (χ1v) is 5.49. The first-order valence-electron chi connectivity index (χ1n) is 5.11. The van der Waals surface area contributed by atoms with Gasteiger partial charge in [-0.15, -0.1) is 12.4 Å². The average molecular weight is 264 g/mol. The maximum absolute atomic E-state index is 11.6. The topological polar surface area (TPSA) is 56.9 Å². The van der Waals surface area contributed by atoms with Crippen LogP contribution >= 0.6 is 24.0 Å². The van der Waals surface area contributed by atoms with Crippen LogP contribution < -0.4 is 10.6 Å². The second kappa shape index (κ2) is 6.13. The highest BCUT2D eigenvalue weighted by molar-refractivity contribution is 6.30. The fourth-order valence-corrected chi connectivity index (χ4v) is 1.90. The Kier molecular flexibility index (Phi) is 5.12. The molecule has 0 saturated carbocycles. The number of carbonyl (C=O) groups excluding carboxylic acids is 1. The van der Waals surface area contributed by atoms with Crippen molar-refractivity contribution >= 4 is 29.9 Å². The van der Waals surface area contributed by atoms with Gasteiger partial charge in [0, 0.05) is 18.8 Å². The summed E-state index contributed by atoms with van der Waals surface area (Å²) in [7, 11) is 0. The van der Waals surface area contributed by atoms with Crippen LogP contribution in [0.2, 0.25) is 5.02 Å². The molecule has 2 rings (SSSR count). The average Bonchev–Trinajstić information content (AvgIpc) is 2.84. The largest absolute Gasteiger partial charge is 0.356 e. The van der Waals surface area contributed by atoms with Crippen molar-refractivity contribution < 1.29 is 4.79 Å². The van der Waals surface area contributed by atoms with Crippen molar-refractivity contribution in [2.24, 2.45) is 0 Å². The highest BCUT2D eigenvalue weighted by atomic mass is 35.5. The lowest BCUT2D eigenvalue weighted by Gasteiger charge is -2.10. The van der Waals surface area contributed by atoms with E-state index in [9.17, 15) is 4.79 Å². The van der Waals surface area contributed by atoms with Gasteiger partial charge in [0.25, 0.3) is 5.91 Å². The predicted octanol–water partition coefficient (Wildman–Crippen LogP) is 1.57. The number of aromatic nitrogens is 1. The van der Waals surface area contributed by atoms with Crippen molar-refractivity contribution in [2.45, 2.75) is 18.9 Å². The number of hydrogen-bond donors (Lipinski definition) is 3. The van der Waals surface area contributed by atoms with E-state index >= 15 is 0 Å². The Morgan fingerprint density at radius 1 is 1.62 bits per heavy atom. The molecule has 0 aliphatic carbocycles. The molecule has 1 fully saturated rings. The summed E-state index contributed by atoms with van der Waals surface area (Å²) < 4.78 is 0. The summed E-state index contributed by atoms with van der Waals surface area (Å²) in [6.07, 6.45) is 3.92. The molecule has 0 spiro atoms. The van der Waals surface area contributed by atoms with Crippen LogP contribution in [0.25, 0.3) is 0 Å². The fourth-order valence-electron chi connectivity index (χ4n) is 1.74. The number of aromatic amines is 1. The van der Waals surface area contributed by atoms with E-state index in [2.05, 4.69) is 15.6 Å². The highest BCUT2D eigenvalue weighted by Crippen LogP contribution is 2.09. The smallest absolute Gasteiger partial charge is 0.267 e. The maximum Gasteiger partial charge on any atom is 0.267 e. The number of carbonyl (C=O) groups is 1. The molecule has 6 heteroatoms. The molecule has 1 amide bonds. The van der Waals surface area contributed by atoms with Gasteiger partial charge < -0.3 is 15.6 Å². The Balaban J connectivity index is 0.00000128. The van der Waals surface area contributed by atoms with Crippen molar-refractivity contribution in [3.63, 3.8) is 0 Å². The maximum atomic E-state index is 11.6. The van der Waals surface area contributed by atoms with E-state index in [1.54, 1.807) is 12.3 Å². The summed E-state index contributed by atoms with van der Waals surface area (Å²) in [5.41, 5.74) is 0.512. The Morgan fingerprint density at radius 2 is 2.44 bits per heavy atom. The summed E-state index contributed by atoms with van der Waals surface area (Å²) in [6.45, 7) is 1.73. The molecule has 1 atom stereocenters. The molecule has 0 radical (unpaired) electrons. The van der Waals surface area contributed by atoms with Crippen molar-refractivity contribution in [1.82, 2.24) is 15.6 Å². The van der Waals surface area contributed by atoms with Gasteiger partial charge in [0.05, 0.1) is 5.02 Å². The molecule has 1 aromatic heterocycles. The lowest BCUT2D eigenvalue weighted by molar-refractivity contribution is 0.0946. The second-order valence-corrected chi connectivity index (χ2v) is 4.17. The molecular weight excluding hydrogens is 249 g/mol. The summed E-state index contributed by atoms with van der Waals surface area (Å²) in [4.78, 5) is 14.4. The van der Waals surface area contributed by atoms with Gasteiger partial charge in [0.2, 0.25) is 0 Å². The Morgan fingerprint density at radius 3 is 3.00 bits per heavy atom. The lowest BCUT2D eigenvalue weighted by Crippen LogP contribution is -2.37. The molecule has 1 saturated heterocycles. The predicted molar refractivity (Wildman–Crippen MR) is 66.4 cm³/mol. The summed E-state index contributed by atoms with van der Waals surface area (Å²) in [5, 5.41) is 6.74. The molecular formula is C10H15Cl2N3O.